The molecule has 2 amide bonds. The lowest BCUT2D eigenvalue weighted by Crippen LogP contribution is -2.34. The van der Waals surface area contributed by atoms with Crippen molar-refractivity contribution in [3.05, 3.63) is 59.4 Å². The van der Waals surface area contributed by atoms with Crippen LogP contribution in [0.5, 0.6) is 5.75 Å². The first-order valence-corrected chi connectivity index (χ1v) is 9.21. The first-order valence-electron chi connectivity index (χ1n) is 9.21. The minimum Gasteiger partial charge on any atom is -0.484 e. The lowest BCUT2D eigenvalue weighted by Gasteiger charge is -2.25. The molecule has 140 valence electrons. The monoisotopic (exact) mass is 368 g/mol. The van der Waals surface area contributed by atoms with Crippen molar-refractivity contribution in [3.8, 4) is 5.75 Å². The molecule has 2 aliphatic heterocycles. The number of carbonyl (C=O) groups is 2. The van der Waals surface area contributed by atoms with E-state index < -0.39 is 0 Å². The third kappa shape index (κ3) is 3.79. The van der Waals surface area contributed by atoms with Crippen LogP contribution in [0.4, 0.5) is 10.1 Å². The van der Waals surface area contributed by atoms with Crippen molar-refractivity contribution in [3.63, 3.8) is 0 Å². The summed E-state index contributed by atoms with van der Waals surface area (Å²) in [6.45, 7) is 0.642. The second kappa shape index (κ2) is 7.39. The SMILES string of the molecule is O=C1CCc2cc(OCC(=O)N3CCCC3c3ccc(F)cc3)ccc2N1. The number of hydrogen-bond acceptors (Lipinski definition) is 3. The first kappa shape index (κ1) is 17.5. The Morgan fingerprint density at radius 2 is 2.00 bits per heavy atom. The van der Waals surface area contributed by atoms with Gasteiger partial charge in [-0.15, -0.1) is 0 Å². The molecule has 1 atom stereocenters. The van der Waals surface area contributed by atoms with E-state index in [9.17, 15) is 14.0 Å². The highest BCUT2D eigenvalue weighted by atomic mass is 19.1. The molecule has 0 bridgehead atoms. The van der Waals surface area contributed by atoms with Crippen LogP contribution in [0.2, 0.25) is 0 Å². The second-order valence-corrected chi connectivity index (χ2v) is 6.95. The normalized spacial score (nSPS) is 18.8. The third-order valence-electron chi connectivity index (χ3n) is 5.16. The maximum absolute atomic E-state index is 13.2. The van der Waals surface area contributed by atoms with Crippen molar-refractivity contribution in [2.24, 2.45) is 0 Å². The number of benzene rings is 2. The van der Waals surface area contributed by atoms with Gasteiger partial charge in [0.2, 0.25) is 5.91 Å². The molecular weight excluding hydrogens is 347 g/mol. The predicted octanol–water partition coefficient (Wildman–Crippen LogP) is 3.45. The maximum Gasteiger partial charge on any atom is 0.261 e. The number of aryl methyl sites for hydroxylation is 1. The lowest BCUT2D eigenvalue weighted by molar-refractivity contribution is -0.134. The molecule has 6 heteroatoms. The number of likely N-dealkylation sites (tertiary alicyclic amines) is 1. The van der Waals surface area contributed by atoms with Crippen molar-refractivity contribution in [2.75, 3.05) is 18.5 Å². The van der Waals surface area contributed by atoms with Crippen molar-refractivity contribution in [1.82, 2.24) is 4.90 Å². The summed E-state index contributed by atoms with van der Waals surface area (Å²) in [4.78, 5) is 25.9. The Hall–Kier alpha value is -2.89. The van der Waals surface area contributed by atoms with E-state index in [4.69, 9.17) is 4.74 Å². The number of nitrogens with one attached hydrogen (secondary N) is 1. The fraction of sp³-hybridized carbons (Fsp3) is 0.333. The van der Waals surface area contributed by atoms with Gasteiger partial charge >= 0.3 is 0 Å². The quantitative estimate of drug-likeness (QED) is 0.899. The molecule has 1 N–H and O–H groups in total. The summed E-state index contributed by atoms with van der Waals surface area (Å²) < 4.78 is 18.9. The molecule has 1 saturated heterocycles. The third-order valence-corrected chi connectivity index (χ3v) is 5.16. The molecule has 2 aliphatic rings. The fourth-order valence-electron chi connectivity index (χ4n) is 3.77. The molecule has 5 nitrogen and oxygen atoms in total. The number of rotatable bonds is 4. The van der Waals surface area contributed by atoms with Gasteiger partial charge in [-0.1, -0.05) is 12.1 Å². The standard InChI is InChI=1S/C21H21FN2O3/c22-16-6-3-14(4-7-16)19-2-1-11-24(19)21(26)13-27-17-8-9-18-15(12-17)5-10-20(25)23-18/h3-4,6-9,12,19H,1-2,5,10-11,13H2,(H,23,25). The van der Waals surface area contributed by atoms with Gasteiger partial charge in [0.15, 0.2) is 6.61 Å². The Kier molecular flexibility index (Phi) is 4.79. The molecule has 0 saturated carbocycles. The van der Waals surface area contributed by atoms with Gasteiger partial charge in [0.1, 0.15) is 11.6 Å². The molecule has 0 aliphatic carbocycles. The minimum absolute atomic E-state index is 0.0206. The number of halogens is 1. The van der Waals surface area contributed by atoms with Crippen LogP contribution in [0.15, 0.2) is 42.5 Å². The Bertz CT molecular complexity index is 866. The lowest BCUT2D eigenvalue weighted by atomic mass is 10.0. The van der Waals surface area contributed by atoms with E-state index in [-0.39, 0.29) is 30.3 Å². The smallest absolute Gasteiger partial charge is 0.261 e. The van der Waals surface area contributed by atoms with Crippen molar-refractivity contribution < 1.29 is 18.7 Å². The number of hydrogen-bond donors (Lipinski definition) is 1. The predicted molar refractivity (Wildman–Crippen MR) is 99.0 cm³/mol. The summed E-state index contributed by atoms with van der Waals surface area (Å²) in [5.41, 5.74) is 2.78. The van der Waals surface area contributed by atoms with Gasteiger partial charge in [-0.2, -0.15) is 0 Å². The molecule has 2 aromatic carbocycles. The molecule has 0 aromatic heterocycles. The second-order valence-electron chi connectivity index (χ2n) is 6.95. The van der Waals surface area contributed by atoms with Crippen molar-refractivity contribution in [1.29, 1.82) is 0 Å². The van der Waals surface area contributed by atoms with Crippen LogP contribution in [-0.4, -0.2) is 29.9 Å². The maximum atomic E-state index is 13.2. The molecule has 27 heavy (non-hydrogen) atoms. The Labute approximate surface area is 157 Å². The van der Waals surface area contributed by atoms with Crippen LogP contribution in [0.25, 0.3) is 0 Å². The van der Waals surface area contributed by atoms with Crippen LogP contribution in [0.1, 0.15) is 36.4 Å². The van der Waals surface area contributed by atoms with Crippen LogP contribution in [0.3, 0.4) is 0 Å². The Morgan fingerprint density at radius 3 is 2.81 bits per heavy atom. The van der Waals surface area contributed by atoms with Gasteiger partial charge in [0.25, 0.3) is 5.91 Å². The molecule has 4 rings (SSSR count). The number of fused-ring (bicyclic) bond motifs is 1. The van der Waals surface area contributed by atoms with Crippen LogP contribution >= 0.6 is 0 Å². The van der Waals surface area contributed by atoms with Gasteiger partial charge < -0.3 is 15.0 Å². The van der Waals surface area contributed by atoms with Gasteiger partial charge in [0, 0.05) is 18.7 Å². The molecule has 1 fully saturated rings. The Morgan fingerprint density at radius 1 is 1.19 bits per heavy atom. The number of carbonyl (C=O) groups excluding carboxylic acids is 2. The zero-order chi connectivity index (χ0) is 18.8. The van der Waals surface area contributed by atoms with E-state index in [1.807, 2.05) is 17.0 Å². The fourth-order valence-corrected chi connectivity index (χ4v) is 3.77. The molecule has 0 spiro atoms. The average Bonchev–Trinajstić information content (AvgIpc) is 3.16. The summed E-state index contributed by atoms with van der Waals surface area (Å²) in [7, 11) is 0. The largest absolute Gasteiger partial charge is 0.484 e. The zero-order valence-corrected chi connectivity index (χ0v) is 14.9. The van der Waals surface area contributed by atoms with E-state index in [0.29, 0.717) is 25.1 Å². The van der Waals surface area contributed by atoms with E-state index in [2.05, 4.69) is 5.32 Å². The Balaban J connectivity index is 1.40. The van der Waals surface area contributed by atoms with Gasteiger partial charge in [-0.25, -0.2) is 4.39 Å². The summed E-state index contributed by atoms with van der Waals surface area (Å²) in [6.07, 6.45) is 2.93. The molecule has 2 aromatic rings. The van der Waals surface area contributed by atoms with Crippen molar-refractivity contribution in [2.45, 2.75) is 31.7 Å². The number of nitrogens with zero attached hydrogens (tertiary/aromatic N) is 1. The highest BCUT2D eigenvalue weighted by molar-refractivity contribution is 5.94. The summed E-state index contributed by atoms with van der Waals surface area (Å²) >= 11 is 0. The summed E-state index contributed by atoms with van der Waals surface area (Å²) in [5.74, 6) is 0.289. The summed E-state index contributed by atoms with van der Waals surface area (Å²) in [6, 6.07) is 11.8. The van der Waals surface area contributed by atoms with Crippen molar-refractivity contribution >= 4 is 17.5 Å². The summed E-state index contributed by atoms with van der Waals surface area (Å²) in [5, 5.41) is 2.83. The highest BCUT2D eigenvalue weighted by Gasteiger charge is 2.30. The first-order chi connectivity index (χ1) is 13.1. The zero-order valence-electron chi connectivity index (χ0n) is 14.9. The van der Waals surface area contributed by atoms with Gasteiger partial charge in [-0.05, 0) is 60.7 Å². The van der Waals surface area contributed by atoms with E-state index in [1.54, 1.807) is 18.2 Å². The van der Waals surface area contributed by atoms with Gasteiger partial charge in [-0.3, -0.25) is 9.59 Å². The highest BCUT2D eigenvalue weighted by Crippen LogP contribution is 2.32. The van der Waals surface area contributed by atoms with Crippen LogP contribution in [0, 0.1) is 5.82 Å². The minimum atomic E-state index is -0.276. The number of ether oxygens (including phenoxy) is 1. The van der Waals surface area contributed by atoms with E-state index >= 15 is 0 Å². The number of anilines is 1. The van der Waals surface area contributed by atoms with Crippen LogP contribution in [-0.2, 0) is 16.0 Å². The van der Waals surface area contributed by atoms with Gasteiger partial charge in [0.05, 0.1) is 6.04 Å². The molecule has 0 radical (unpaired) electrons. The van der Waals surface area contributed by atoms with E-state index in [1.165, 1.54) is 12.1 Å². The molecular formula is C21H21FN2O3. The molecule has 1 unspecified atom stereocenters. The molecule has 2 heterocycles. The topological polar surface area (TPSA) is 58.6 Å². The van der Waals surface area contributed by atoms with E-state index in [0.717, 1.165) is 29.7 Å². The van der Waals surface area contributed by atoms with Crippen LogP contribution < -0.4 is 10.1 Å². The average molecular weight is 368 g/mol. The number of amides is 2.